The van der Waals surface area contributed by atoms with E-state index in [9.17, 15) is 4.39 Å². The number of anilines is 1. The number of halogens is 1. The zero-order valence-corrected chi connectivity index (χ0v) is 11.6. The molecule has 3 rings (SSSR count). The van der Waals surface area contributed by atoms with Crippen LogP contribution in [0.25, 0.3) is 11.0 Å². The Balaban J connectivity index is 2.20. The Hall–Kier alpha value is -2.30. The molecule has 0 bridgehead atoms. The topological polar surface area (TPSA) is 57.0 Å². The van der Waals surface area contributed by atoms with Gasteiger partial charge in [-0.25, -0.2) is 9.37 Å². The summed E-state index contributed by atoms with van der Waals surface area (Å²) >= 11 is 0. The monoisotopic (exact) mass is 273 g/mol. The smallest absolute Gasteiger partial charge is 0.201 e. The standard InChI is InChI=1S/C15H16FN3O/c1-8-6-12(10(3)20-8)9(2)19-14-7-11(16)4-5-13(14)18-15(19)17/h4-7,9H,1-3H3,(H2,17,18). The molecular formula is C15H16FN3O. The van der Waals surface area contributed by atoms with Crippen LogP contribution in [0, 0.1) is 19.7 Å². The van der Waals surface area contributed by atoms with Gasteiger partial charge >= 0.3 is 0 Å². The fourth-order valence-corrected chi connectivity index (χ4v) is 2.70. The van der Waals surface area contributed by atoms with Gasteiger partial charge in [0.25, 0.3) is 0 Å². The molecule has 1 atom stereocenters. The summed E-state index contributed by atoms with van der Waals surface area (Å²) in [6, 6.07) is 6.39. The highest BCUT2D eigenvalue weighted by Crippen LogP contribution is 2.30. The lowest BCUT2D eigenvalue weighted by Gasteiger charge is -2.15. The third kappa shape index (κ3) is 1.86. The molecule has 1 unspecified atom stereocenters. The zero-order chi connectivity index (χ0) is 14.4. The first kappa shape index (κ1) is 12.7. The lowest BCUT2D eigenvalue weighted by molar-refractivity contribution is 0.495. The number of benzene rings is 1. The average Bonchev–Trinajstić information content (AvgIpc) is 2.87. The number of nitrogens with two attached hydrogens (primary N) is 1. The molecule has 3 aromatic rings. The second-order valence-corrected chi connectivity index (χ2v) is 5.02. The van der Waals surface area contributed by atoms with E-state index >= 15 is 0 Å². The lowest BCUT2D eigenvalue weighted by Crippen LogP contribution is -2.10. The first-order valence-corrected chi connectivity index (χ1v) is 6.47. The Bertz CT molecular complexity index is 788. The van der Waals surface area contributed by atoms with Crippen molar-refractivity contribution in [3.8, 4) is 0 Å². The Morgan fingerprint density at radius 1 is 1.30 bits per heavy atom. The number of furan rings is 1. The fraction of sp³-hybridized carbons (Fsp3) is 0.267. The van der Waals surface area contributed by atoms with Crippen LogP contribution in [0.5, 0.6) is 0 Å². The summed E-state index contributed by atoms with van der Waals surface area (Å²) in [5.41, 5.74) is 8.40. The number of aryl methyl sites for hydroxylation is 2. The number of aromatic nitrogens is 2. The molecule has 20 heavy (non-hydrogen) atoms. The highest BCUT2D eigenvalue weighted by molar-refractivity contribution is 5.78. The number of imidazole rings is 1. The first-order chi connectivity index (χ1) is 9.47. The van der Waals surface area contributed by atoms with Crippen LogP contribution in [0.4, 0.5) is 10.3 Å². The molecule has 0 aliphatic rings. The molecule has 0 spiro atoms. The summed E-state index contributed by atoms with van der Waals surface area (Å²) in [5, 5.41) is 0. The lowest BCUT2D eigenvalue weighted by atomic mass is 10.1. The summed E-state index contributed by atoms with van der Waals surface area (Å²) in [6.07, 6.45) is 0. The third-order valence-corrected chi connectivity index (χ3v) is 3.60. The van der Waals surface area contributed by atoms with Gasteiger partial charge in [0.1, 0.15) is 17.3 Å². The first-order valence-electron chi connectivity index (χ1n) is 6.47. The summed E-state index contributed by atoms with van der Waals surface area (Å²) in [6.45, 7) is 5.81. The van der Waals surface area contributed by atoms with Crippen LogP contribution in [0.1, 0.15) is 30.0 Å². The van der Waals surface area contributed by atoms with Gasteiger partial charge in [0.15, 0.2) is 0 Å². The normalized spacial score (nSPS) is 13.0. The molecule has 4 nitrogen and oxygen atoms in total. The van der Waals surface area contributed by atoms with Crippen molar-refractivity contribution in [2.24, 2.45) is 0 Å². The van der Waals surface area contributed by atoms with E-state index in [1.165, 1.54) is 12.1 Å². The number of rotatable bonds is 2. The molecule has 0 fully saturated rings. The quantitative estimate of drug-likeness (QED) is 0.776. The number of nitrogen functional groups attached to an aromatic ring is 1. The summed E-state index contributed by atoms with van der Waals surface area (Å²) in [7, 11) is 0. The zero-order valence-electron chi connectivity index (χ0n) is 11.6. The van der Waals surface area contributed by atoms with Crippen LogP contribution in [0.15, 0.2) is 28.7 Å². The Morgan fingerprint density at radius 3 is 2.70 bits per heavy atom. The van der Waals surface area contributed by atoms with E-state index in [0.717, 1.165) is 17.1 Å². The second kappa shape index (κ2) is 4.37. The summed E-state index contributed by atoms with van der Waals surface area (Å²) < 4.78 is 20.9. The minimum atomic E-state index is -0.300. The molecule has 0 aliphatic carbocycles. The van der Waals surface area contributed by atoms with Crippen LogP contribution in [0.3, 0.4) is 0 Å². The summed E-state index contributed by atoms with van der Waals surface area (Å²) in [4.78, 5) is 4.28. The van der Waals surface area contributed by atoms with Crippen molar-refractivity contribution in [2.45, 2.75) is 26.8 Å². The van der Waals surface area contributed by atoms with Gasteiger partial charge in [-0.2, -0.15) is 0 Å². The van der Waals surface area contributed by atoms with Crippen LogP contribution < -0.4 is 5.73 Å². The highest BCUT2D eigenvalue weighted by Gasteiger charge is 2.19. The van der Waals surface area contributed by atoms with Crippen LogP contribution in [0.2, 0.25) is 0 Å². The molecule has 5 heteroatoms. The third-order valence-electron chi connectivity index (χ3n) is 3.60. The van der Waals surface area contributed by atoms with Crippen molar-refractivity contribution in [2.75, 3.05) is 5.73 Å². The van der Waals surface area contributed by atoms with Crippen molar-refractivity contribution in [3.63, 3.8) is 0 Å². The van der Waals surface area contributed by atoms with Crippen LogP contribution in [-0.2, 0) is 0 Å². The van der Waals surface area contributed by atoms with Gasteiger partial charge in [-0.05, 0) is 45.0 Å². The van der Waals surface area contributed by atoms with Gasteiger partial charge in [0.05, 0.1) is 17.1 Å². The Labute approximate surface area is 116 Å². The maximum Gasteiger partial charge on any atom is 0.201 e. The molecule has 0 saturated heterocycles. The number of nitrogens with zero attached hydrogens (tertiary/aromatic N) is 2. The molecule has 2 aromatic heterocycles. The van der Waals surface area contributed by atoms with Gasteiger partial charge in [0.2, 0.25) is 5.95 Å². The SMILES string of the molecule is Cc1cc(C(C)n2c(N)nc3ccc(F)cc32)c(C)o1. The van der Waals surface area contributed by atoms with Gasteiger partial charge in [-0.15, -0.1) is 0 Å². The van der Waals surface area contributed by atoms with E-state index < -0.39 is 0 Å². The Morgan fingerprint density at radius 2 is 2.05 bits per heavy atom. The maximum absolute atomic E-state index is 13.5. The van der Waals surface area contributed by atoms with Gasteiger partial charge in [0, 0.05) is 5.56 Å². The number of fused-ring (bicyclic) bond motifs is 1. The Kier molecular flexibility index (Phi) is 2.78. The predicted molar refractivity (Wildman–Crippen MR) is 76.1 cm³/mol. The molecule has 104 valence electrons. The highest BCUT2D eigenvalue weighted by atomic mass is 19.1. The predicted octanol–water partition coefficient (Wildman–Crippen LogP) is 3.58. The maximum atomic E-state index is 13.5. The molecule has 1 aromatic carbocycles. The van der Waals surface area contributed by atoms with Gasteiger partial charge < -0.3 is 14.7 Å². The molecule has 2 heterocycles. The van der Waals surface area contributed by atoms with Crippen molar-refractivity contribution >= 4 is 17.0 Å². The van der Waals surface area contributed by atoms with Crippen LogP contribution in [-0.4, -0.2) is 9.55 Å². The fourth-order valence-electron chi connectivity index (χ4n) is 2.70. The van der Waals surface area contributed by atoms with Gasteiger partial charge in [-0.3, -0.25) is 0 Å². The van der Waals surface area contributed by atoms with Crippen molar-refractivity contribution in [1.29, 1.82) is 0 Å². The number of hydrogen-bond donors (Lipinski definition) is 1. The average molecular weight is 273 g/mol. The molecule has 2 N–H and O–H groups in total. The molecule has 0 saturated carbocycles. The van der Waals surface area contributed by atoms with E-state index in [-0.39, 0.29) is 11.9 Å². The van der Waals surface area contributed by atoms with Crippen LogP contribution >= 0.6 is 0 Å². The second-order valence-electron chi connectivity index (χ2n) is 5.02. The summed E-state index contributed by atoms with van der Waals surface area (Å²) in [5.74, 6) is 1.76. The van der Waals surface area contributed by atoms with Gasteiger partial charge in [-0.1, -0.05) is 0 Å². The van der Waals surface area contributed by atoms with E-state index in [1.807, 2.05) is 31.4 Å². The molecule has 0 aliphatic heterocycles. The van der Waals surface area contributed by atoms with E-state index in [1.54, 1.807) is 6.07 Å². The van der Waals surface area contributed by atoms with Crippen molar-refractivity contribution in [1.82, 2.24) is 9.55 Å². The van der Waals surface area contributed by atoms with E-state index in [2.05, 4.69) is 4.98 Å². The van der Waals surface area contributed by atoms with Crippen molar-refractivity contribution in [3.05, 3.63) is 47.2 Å². The largest absolute Gasteiger partial charge is 0.466 e. The minimum absolute atomic E-state index is 0.0701. The molecule has 0 radical (unpaired) electrons. The van der Waals surface area contributed by atoms with E-state index in [4.69, 9.17) is 10.2 Å². The molecular weight excluding hydrogens is 257 g/mol. The minimum Gasteiger partial charge on any atom is -0.466 e. The number of hydrogen-bond acceptors (Lipinski definition) is 3. The van der Waals surface area contributed by atoms with E-state index in [0.29, 0.717) is 17.0 Å². The molecule has 0 amide bonds. The van der Waals surface area contributed by atoms with Crippen molar-refractivity contribution < 1.29 is 8.81 Å².